The van der Waals surface area contributed by atoms with E-state index in [4.69, 9.17) is 0 Å². The minimum Gasteiger partial charge on any atom is -0.481 e. The molecule has 0 bridgehead atoms. The number of hydrogen-bond acceptors (Lipinski definition) is 3. The molecule has 3 aliphatic rings. The first-order valence-corrected chi connectivity index (χ1v) is 9.21. The minimum absolute atomic E-state index is 0.0142. The highest BCUT2D eigenvalue weighted by Crippen LogP contribution is 2.63. The second-order valence-corrected chi connectivity index (χ2v) is 8.55. The lowest BCUT2D eigenvalue weighted by Gasteiger charge is -2.48. The van der Waals surface area contributed by atoms with E-state index in [0.717, 1.165) is 24.7 Å². The van der Waals surface area contributed by atoms with Crippen molar-refractivity contribution in [3.8, 4) is 0 Å². The summed E-state index contributed by atoms with van der Waals surface area (Å²) < 4.78 is 0. The van der Waals surface area contributed by atoms with Crippen LogP contribution in [0.3, 0.4) is 0 Å². The van der Waals surface area contributed by atoms with Crippen molar-refractivity contribution in [2.45, 2.75) is 65.7 Å². The lowest BCUT2D eigenvalue weighted by atomic mass is 9.54. The lowest BCUT2D eigenvalue weighted by molar-refractivity contribution is -0.151. The van der Waals surface area contributed by atoms with E-state index in [1.165, 1.54) is 5.57 Å². The molecule has 4 heteroatoms. The molecule has 0 aromatic carbocycles. The summed E-state index contributed by atoms with van der Waals surface area (Å²) in [6.07, 6.45) is 5.37. The van der Waals surface area contributed by atoms with Gasteiger partial charge in [0, 0.05) is 17.8 Å². The van der Waals surface area contributed by atoms with Crippen molar-refractivity contribution < 1.29 is 19.5 Å². The van der Waals surface area contributed by atoms with Gasteiger partial charge in [-0.2, -0.15) is 0 Å². The van der Waals surface area contributed by atoms with Gasteiger partial charge < -0.3 is 9.90 Å². The molecule has 0 aromatic heterocycles. The molecule has 0 amide bonds. The lowest BCUT2D eigenvalue weighted by Crippen LogP contribution is -2.48. The molecule has 0 aliphatic heterocycles. The Morgan fingerprint density at radius 2 is 1.96 bits per heavy atom. The average Bonchev–Trinajstić information content (AvgIpc) is 2.88. The van der Waals surface area contributed by atoms with Crippen LogP contribution >= 0.6 is 0 Å². The van der Waals surface area contributed by atoms with Gasteiger partial charge in [-0.25, -0.2) is 0 Å². The van der Waals surface area contributed by atoms with E-state index in [-0.39, 0.29) is 17.6 Å². The van der Waals surface area contributed by atoms with E-state index in [1.807, 2.05) is 6.92 Å². The molecular weight excluding hydrogens is 304 g/mol. The molecule has 0 radical (unpaired) electrons. The number of fused-ring (bicyclic) bond motifs is 3. The van der Waals surface area contributed by atoms with Crippen molar-refractivity contribution in [2.24, 2.45) is 28.6 Å². The Bertz CT molecular complexity index is 617. The molecule has 24 heavy (non-hydrogen) atoms. The van der Waals surface area contributed by atoms with Crippen LogP contribution in [-0.2, 0) is 14.4 Å². The average molecular weight is 332 g/mol. The molecular formula is C20H28O4. The zero-order valence-electron chi connectivity index (χ0n) is 14.9. The van der Waals surface area contributed by atoms with E-state index in [1.54, 1.807) is 0 Å². The van der Waals surface area contributed by atoms with Crippen molar-refractivity contribution in [1.29, 1.82) is 0 Å². The molecule has 0 heterocycles. The topological polar surface area (TPSA) is 71.4 Å². The number of aliphatic carboxylic acids is 1. The third kappa shape index (κ3) is 2.29. The summed E-state index contributed by atoms with van der Waals surface area (Å²) in [5.41, 5.74) is 1.03. The number of carbonyl (C=O) groups is 3. The quantitative estimate of drug-likeness (QED) is 0.630. The maximum absolute atomic E-state index is 12.9. The van der Waals surface area contributed by atoms with Crippen molar-refractivity contribution in [3.05, 3.63) is 11.1 Å². The van der Waals surface area contributed by atoms with Crippen LogP contribution in [0.25, 0.3) is 0 Å². The minimum atomic E-state index is -0.773. The summed E-state index contributed by atoms with van der Waals surface area (Å²) in [7, 11) is 0. The van der Waals surface area contributed by atoms with Crippen LogP contribution in [0.15, 0.2) is 11.1 Å². The predicted molar refractivity (Wildman–Crippen MR) is 90.4 cm³/mol. The van der Waals surface area contributed by atoms with E-state index >= 15 is 0 Å². The third-order valence-corrected chi connectivity index (χ3v) is 7.08. The van der Waals surface area contributed by atoms with Crippen molar-refractivity contribution >= 4 is 18.0 Å². The first-order chi connectivity index (χ1) is 11.3. The Kier molecular flexibility index (Phi) is 4.21. The van der Waals surface area contributed by atoms with Crippen LogP contribution in [0.2, 0.25) is 0 Å². The predicted octanol–water partition coefficient (Wildman–Crippen LogP) is 3.79. The highest BCUT2D eigenvalue weighted by Gasteiger charge is 2.59. The number of allylic oxidation sites excluding steroid dienone is 1. The van der Waals surface area contributed by atoms with Gasteiger partial charge >= 0.3 is 5.97 Å². The molecule has 0 aromatic rings. The standard InChI is InChI=1S/C20H28O4/c1-12(2)14-6-7-20(18(23)24)9-8-19(3)15(17(14)20)5-4-13(11-21)10-16(19)22/h11-13,15H,4-10H2,1-3H3,(H,23,24)/t13?,15-,19-,20+/m0/s1. The smallest absolute Gasteiger partial charge is 0.313 e. The Morgan fingerprint density at radius 1 is 1.25 bits per heavy atom. The van der Waals surface area contributed by atoms with Gasteiger partial charge in [-0.1, -0.05) is 26.3 Å². The summed E-state index contributed by atoms with van der Waals surface area (Å²) in [5, 5.41) is 10.0. The fourth-order valence-corrected chi connectivity index (χ4v) is 5.50. The largest absolute Gasteiger partial charge is 0.481 e. The SMILES string of the molecule is CC(C)C1=C2[C@@H]3CCC(C=O)CC(=O)[C@@]3(C)CC[C@]2(C(=O)O)CC1. The number of aldehydes is 1. The van der Waals surface area contributed by atoms with Crippen molar-refractivity contribution in [2.75, 3.05) is 0 Å². The van der Waals surface area contributed by atoms with Gasteiger partial charge in [-0.3, -0.25) is 9.59 Å². The summed E-state index contributed by atoms with van der Waals surface area (Å²) in [4.78, 5) is 36.4. The number of carbonyl (C=O) groups excluding carboxylic acids is 2. The molecule has 2 saturated carbocycles. The van der Waals surface area contributed by atoms with Gasteiger partial charge in [0.25, 0.3) is 0 Å². The molecule has 2 fully saturated rings. The number of carboxylic acid groups (broad SMARTS) is 1. The molecule has 0 spiro atoms. The van der Waals surface area contributed by atoms with Gasteiger partial charge in [0.2, 0.25) is 0 Å². The second kappa shape index (κ2) is 5.82. The molecule has 3 aliphatic carbocycles. The maximum Gasteiger partial charge on any atom is 0.313 e. The summed E-state index contributed by atoms with van der Waals surface area (Å²) >= 11 is 0. The van der Waals surface area contributed by atoms with E-state index in [2.05, 4.69) is 13.8 Å². The van der Waals surface area contributed by atoms with Crippen molar-refractivity contribution in [3.63, 3.8) is 0 Å². The number of hydrogen-bond donors (Lipinski definition) is 1. The Labute approximate surface area is 143 Å². The van der Waals surface area contributed by atoms with E-state index in [0.29, 0.717) is 38.0 Å². The summed E-state index contributed by atoms with van der Waals surface area (Å²) in [6, 6.07) is 0. The van der Waals surface area contributed by atoms with E-state index < -0.39 is 16.8 Å². The molecule has 3 rings (SSSR count). The number of Topliss-reactive ketones (excluding diaryl/α,β-unsaturated/α-hetero) is 1. The van der Waals surface area contributed by atoms with Crippen molar-refractivity contribution in [1.82, 2.24) is 0 Å². The number of ketones is 1. The van der Waals surface area contributed by atoms with Crippen LogP contribution in [0.1, 0.15) is 65.7 Å². The van der Waals surface area contributed by atoms with Crippen LogP contribution in [-0.4, -0.2) is 23.1 Å². The van der Waals surface area contributed by atoms with Gasteiger partial charge in [0.15, 0.2) is 0 Å². The van der Waals surface area contributed by atoms with Crippen LogP contribution in [0, 0.1) is 28.6 Å². The molecule has 132 valence electrons. The zero-order chi connectivity index (χ0) is 17.7. The highest BCUT2D eigenvalue weighted by atomic mass is 16.4. The molecule has 4 nitrogen and oxygen atoms in total. The third-order valence-electron chi connectivity index (χ3n) is 7.08. The first-order valence-electron chi connectivity index (χ1n) is 9.21. The highest BCUT2D eigenvalue weighted by molar-refractivity contribution is 5.89. The fraction of sp³-hybridized carbons (Fsp3) is 0.750. The van der Waals surface area contributed by atoms with Crippen LogP contribution in [0.4, 0.5) is 0 Å². The second-order valence-electron chi connectivity index (χ2n) is 8.55. The van der Waals surface area contributed by atoms with Crippen LogP contribution < -0.4 is 0 Å². The Morgan fingerprint density at radius 3 is 2.54 bits per heavy atom. The number of rotatable bonds is 3. The first kappa shape index (κ1) is 17.4. The number of carboxylic acids is 1. The normalized spacial score (nSPS) is 39.4. The van der Waals surface area contributed by atoms with Gasteiger partial charge in [0.1, 0.15) is 12.1 Å². The summed E-state index contributed by atoms with van der Waals surface area (Å²) in [6.45, 7) is 6.26. The molecule has 0 saturated heterocycles. The molecule has 1 N–H and O–H groups in total. The van der Waals surface area contributed by atoms with Gasteiger partial charge in [0.05, 0.1) is 5.41 Å². The monoisotopic (exact) mass is 332 g/mol. The van der Waals surface area contributed by atoms with Gasteiger partial charge in [-0.05, 0) is 55.9 Å². The Hall–Kier alpha value is -1.45. The van der Waals surface area contributed by atoms with Crippen LogP contribution in [0.5, 0.6) is 0 Å². The zero-order valence-corrected chi connectivity index (χ0v) is 14.9. The fourth-order valence-electron chi connectivity index (χ4n) is 5.50. The summed E-state index contributed by atoms with van der Waals surface area (Å²) in [5.74, 6) is -0.477. The molecule has 4 atom stereocenters. The molecule has 1 unspecified atom stereocenters. The Balaban J connectivity index is 2.14. The van der Waals surface area contributed by atoms with Gasteiger partial charge in [-0.15, -0.1) is 0 Å². The van der Waals surface area contributed by atoms with E-state index in [9.17, 15) is 19.5 Å². The maximum atomic E-state index is 12.9.